The summed E-state index contributed by atoms with van der Waals surface area (Å²) in [5, 5.41) is 0. The zero-order valence-corrected chi connectivity index (χ0v) is 14.9. The summed E-state index contributed by atoms with van der Waals surface area (Å²) in [6, 6.07) is 0. The molecule has 0 radical (unpaired) electrons. The van der Waals surface area contributed by atoms with Gasteiger partial charge in [-0.1, -0.05) is 0 Å². The molecular formula is C14H24SiZr. The van der Waals surface area contributed by atoms with Crippen molar-refractivity contribution in [2.45, 2.75) is 25.8 Å². The van der Waals surface area contributed by atoms with Gasteiger partial charge in [0.15, 0.2) is 0 Å². The third kappa shape index (κ3) is 1.66. The van der Waals surface area contributed by atoms with Gasteiger partial charge in [0, 0.05) is 0 Å². The first-order chi connectivity index (χ1) is 6.96. The van der Waals surface area contributed by atoms with E-state index in [1.54, 1.807) is 0 Å². The van der Waals surface area contributed by atoms with Gasteiger partial charge in [-0.3, -0.25) is 0 Å². The van der Waals surface area contributed by atoms with Crippen LogP contribution in [0.3, 0.4) is 0 Å². The Bertz CT molecular complexity index is 495. The average molecular weight is 312 g/mol. The van der Waals surface area contributed by atoms with Crippen LogP contribution < -0.4 is 0 Å². The van der Waals surface area contributed by atoms with Gasteiger partial charge in [-0.15, -0.1) is 0 Å². The van der Waals surface area contributed by atoms with Crippen LogP contribution in [0.2, 0.25) is 25.8 Å². The van der Waals surface area contributed by atoms with Crippen molar-refractivity contribution < 1.29 is 14.4 Å². The Hall–Kier alpha value is 0.0600. The first-order valence-electron chi connectivity index (χ1n) is 6.26. The minimum absolute atomic E-state index is 0.632. The van der Waals surface area contributed by atoms with Crippen LogP contribution in [0.15, 0.2) is 48.6 Å². The molecule has 0 aromatic carbocycles. The van der Waals surface area contributed by atoms with E-state index < -0.39 is 14.4 Å². The van der Waals surface area contributed by atoms with Crippen LogP contribution in [0, 0.1) is 0 Å². The predicted octanol–water partition coefficient (Wildman–Crippen LogP) is 4.32. The van der Waals surface area contributed by atoms with E-state index in [0.29, 0.717) is 7.25 Å². The molecule has 0 aromatic rings. The van der Waals surface area contributed by atoms with Gasteiger partial charge in [-0.25, -0.2) is 0 Å². The van der Waals surface area contributed by atoms with Crippen molar-refractivity contribution in [3.8, 4) is 0 Å². The summed E-state index contributed by atoms with van der Waals surface area (Å²) < 4.78 is 11.7. The van der Waals surface area contributed by atoms with E-state index >= 15 is 0 Å². The Morgan fingerprint density at radius 3 is 1.19 bits per heavy atom. The average Bonchev–Trinajstić information content (AvgIpc) is 2.76. The molecule has 0 saturated carbocycles. The molecule has 88 valence electrons. The number of rotatable bonds is 2. The van der Waals surface area contributed by atoms with E-state index in [-0.39, 0.29) is 0 Å². The van der Waals surface area contributed by atoms with Crippen molar-refractivity contribution in [3.63, 3.8) is 0 Å². The monoisotopic (exact) mass is 310 g/mol. The summed E-state index contributed by atoms with van der Waals surface area (Å²) in [6.07, 6.45) is 18.5. The summed E-state index contributed by atoms with van der Waals surface area (Å²) in [7, 11) is 0. The SMILES string of the molecule is [CH3][Zr]([CH3])([CH3])([CH3])(=[SiH2])([CH]1C=CC=C1)[CH]1C=CC=C1. The van der Waals surface area contributed by atoms with Crippen LogP contribution >= 0.6 is 0 Å². The molecule has 0 aromatic heterocycles. The molecule has 0 nitrogen and oxygen atoms in total. The van der Waals surface area contributed by atoms with E-state index in [2.05, 4.69) is 74.0 Å². The molecule has 2 heteroatoms. The molecule has 2 aliphatic rings. The van der Waals surface area contributed by atoms with Crippen molar-refractivity contribution in [2.75, 3.05) is 0 Å². The fraction of sp³-hybridized carbons (Fsp3) is 0.429. The van der Waals surface area contributed by atoms with Gasteiger partial charge in [0.05, 0.1) is 0 Å². The van der Waals surface area contributed by atoms with Gasteiger partial charge in [0.2, 0.25) is 0 Å². The molecule has 0 fully saturated rings. The van der Waals surface area contributed by atoms with E-state index in [1.807, 2.05) is 0 Å². The van der Waals surface area contributed by atoms with Crippen molar-refractivity contribution in [1.29, 1.82) is 0 Å². The molecule has 0 spiro atoms. The molecule has 0 saturated heterocycles. The van der Waals surface area contributed by atoms with Crippen LogP contribution in [0.4, 0.5) is 0 Å². The van der Waals surface area contributed by atoms with Gasteiger partial charge >= 0.3 is 95.7 Å². The normalized spacial score (nSPS) is 27.9. The Balaban J connectivity index is 2.75. The third-order valence-electron chi connectivity index (χ3n) is 5.02. The molecule has 16 heavy (non-hydrogen) atoms. The molecule has 2 rings (SSSR count). The molecule has 0 aliphatic heterocycles. The summed E-state index contributed by atoms with van der Waals surface area (Å²) in [6.45, 7) is 2.33. The van der Waals surface area contributed by atoms with E-state index in [1.165, 1.54) is 0 Å². The van der Waals surface area contributed by atoms with Crippen molar-refractivity contribution in [1.82, 2.24) is 0 Å². The van der Waals surface area contributed by atoms with E-state index in [4.69, 9.17) is 0 Å². The molecule has 0 bridgehead atoms. The first kappa shape index (κ1) is 12.5. The summed E-state index contributed by atoms with van der Waals surface area (Å²) in [5.41, 5.74) is 0. The van der Waals surface area contributed by atoms with E-state index in [9.17, 15) is 0 Å². The van der Waals surface area contributed by atoms with Crippen LogP contribution in [0.5, 0.6) is 0 Å². The molecule has 0 unspecified atom stereocenters. The molecular weight excluding hydrogens is 287 g/mol. The second-order valence-electron chi connectivity index (χ2n) is 9.89. The van der Waals surface area contributed by atoms with Crippen LogP contribution in [0.25, 0.3) is 0 Å². The third-order valence-corrected chi connectivity index (χ3v) is 29.8. The quantitative estimate of drug-likeness (QED) is 0.666. The number of allylic oxidation sites excluding steroid dienone is 8. The Morgan fingerprint density at radius 2 is 0.938 bits per heavy atom. The first-order valence-corrected chi connectivity index (χ1v) is 24.9. The number of hydrogen-bond acceptors (Lipinski definition) is 0. The molecule has 0 heterocycles. The Morgan fingerprint density at radius 1 is 0.688 bits per heavy atom. The fourth-order valence-electron chi connectivity index (χ4n) is 3.12. The zero-order valence-electron chi connectivity index (χ0n) is 11.0. The summed E-state index contributed by atoms with van der Waals surface area (Å²) in [4.78, 5) is 0. The van der Waals surface area contributed by atoms with Gasteiger partial charge in [0.1, 0.15) is 0 Å². The van der Waals surface area contributed by atoms with Crippen molar-refractivity contribution in [2.24, 2.45) is 0 Å². The van der Waals surface area contributed by atoms with Gasteiger partial charge in [-0.05, 0) is 0 Å². The van der Waals surface area contributed by atoms with Crippen molar-refractivity contribution >= 4 is 6.88 Å². The number of hydrogen-bond donors (Lipinski definition) is 0. The molecule has 0 amide bonds. The van der Waals surface area contributed by atoms with Crippen LogP contribution in [0.1, 0.15) is 0 Å². The van der Waals surface area contributed by atoms with Crippen LogP contribution in [-0.2, 0) is 14.4 Å². The predicted molar refractivity (Wildman–Crippen MR) is 76.1 cm³/mol. The zero-order chi connectivity index (χ0) is 12.2. The molecule has 2 aliphatic carbocycles. The molecule has 0 N–H and O–H groups in total. The van der Waals surface area contributed by atoms with Gasteiger partial charge in [0.25, 0.3) is 0 Å². The summed E-state index contributed by atoms with van der Waals surface area (Å²) >= 11 is -3.72. The maximum absolute atomic E-state index is 3.72. The second kappa shape index (κ2) is 2.42. The standard InChI is InChI=1S/2C5H5.4CH3.H2Si.Zr/c2*1-2-4-5-3-1;;;;;;/h2*1-5H;4*1H3;1H2;. The maximum atomic E-state index is 2.60. The van der Waals surface area contributed by atoms with Crippen molar-refractivity contribution in [3.05, 3.63) is 48.6 Å². The van der Waals surface area contributed by atoms with Gasteiger partial charge in [-0.2, -0.15) is 0 Å². The fourth-order valence-corrected chi connectivity index (χ4v) is 18.5. The van der Waals surface area contributed by atoms with E-state index in [0.717, 1.165) is 0 Å². The second-order valence-corrected chi connectivity index (χ2v) is 70.6. The minimum atomic E-state index is -3.72. The Kier molecular flexibility index (Phi) is 1.89. The van der Waals surface area contributed by atoms with Gasteiger partial charge < -0.3 is 0 Å². The Labute approximate surface area is 95.1 Å². The topological polar surface area (TPSA) is 0 Å². The van der Waals surface area contributed by atoms with Crippen LogP contribution in [-0.4, -0.2) is 6.88 Å². The molecule has 0 atom stereocenters. The summed E-state index contributed by atoms with van der Waals surface area (Å²) in [5.74, 6) is 0.